The zero-order valence-corrected chi connectivity index (χ0v) is 11.8. The number of carbonyl (C=O) groups is 1. The lowest BCUT2D eigenvalue weighted by Crippen LogP contribution is -2.12. The van der Waals surface area contributed by atoms with Crippen LogP contribution in [0.5, 0.6) is 5.75 Å². The van der Waals surface area contributed by atoms with Crippen LogP contribution in [0.4, 0.5) is 10.1 Å². The van der Waals surface area contributed by atoms with Gasteiger partial charge in [-0.2, -0.15) is 0 Å². The molecule has 5 heteroatoms. The summed E-state index contributed by atoms with van der Waals surface area (Å²) in [7, 11) is 1.36. The van der Waals surface area contributed by atoms with E-state index in [9.17, 15) is 14.3 Å². The van der Waals surface area contributed by atoms with Crippen LogP contribution in [0.25, 0.3) is 0 Å². The van der Waals surface area contributed by atoms with Gasteiger partial charge in [0.05, 0.1) is 13.2 Å². The summed E-state index contributed by atoms with van der Waals surface area (Å²) < 4.78 is 18.4. The van der Waals surface area contributed by atoms with Gasteiger partial charge in [-0.05, 0) is 42.8 Å². The van der Waals surface area contributed by atoms with E-state index in [1.165, 1.54) is 19.2 Å². The fourth-order valence-electron chi connectivity index (χ4n) is 1.86. The maximum absolute atomic E-state index is 13.6. The van der Waals surface area contributed by atoms with Gasteiger partial charge < -0.3 is 15.2 Å². The quantitative estimate of drug-likeness (QED) is 0.909. The highest BCUT2D eigenvalue weighted by Crippen LogP contribution is 2.19. The number of aliphatic hydroxyl groups excluding tert-OH is 1. The Labute approximate surface area is 122 Å². The number of aliphatic hydroxyl groups is 1. The van der Waals surface area contributed by atoms with Crippen LogP contribution in [-0.4, -0.2) is 18.1 Å². The lowest BCUT2D eigenvalue weighted by molar-refractivity contribution is 0.102. The normalized spacial score (nSPS) is 11.8. The first-order chi connectivity index (χ1) is 10.0. The number of nitrogens with one attached hydrogen (secondary N) is 1. The summed E-state index contributed by atoms with van der Waals surface area (Å²) in [6, 6.07) is 10.8. The van der Waals surface area contributed by atoms with Crippen molar-refractivity contribution in [1.82, 2.24) is 0 Å². The summed E-state index contributed by atoms with van der Waals surface area (Å²) in [4.78, 5) is 12.0. The number of anilines is 1. The standard InChI is InChI=1S/C16H16FNO3/c1-10(19)11-3-6-13(7-4-11)18-16(20)12-5-8-15(21-2)14(17)9-12/h3-10,19H,1-2H3,(H,18,20). The highest BCUT2D eigenvalue weighted by atomic mass is 19.1. The second-order valence-electron chi connectivity index (χ2n) is 4.60. The Morgan fingerprint density at radius 2 is 1.90 bits per heavy atom. The smallest absolute Gasteiger partial charge is 0.255 e. The predicted octanol–water partition coefficient (Wildman–Crippen LogP) is 3.14. The number of benzene rings is 2. The van der Waals surface area contributed by atoms with Gasteiger partial charge >= 0.3 is 0 Å². The van der Waals surface area contributed by atoms with Crippen molar-refractivity contribution in [1.29, 1.82) is 0 Å². The van der Waals surface area contributed by atoms with Crippen LogP contribution in [0, 0.1) is 5.82 Å². The molecule has 1 atom stereocenters. The molecule has 0 fully saturated rings. The minimum Gasteiger partial charge on any atom is -0.494 e. The number of rotatable bonds is 4. The van der Waals surface area contributed by atoms with Crippen LogP contribution in [0.2, 0.25) is 0 Å². The Kier molecular flexibility index (Phi) is 4.55. The van der Waals surface area contributed by atoms with E-state index in [2.05, 4.69) is 5.32 Å². The highest BCUT2D eigenvalue weighted by molar-refractivity contribution is 6.04. The van der Waals surface area contributed by atoms with Crippen molar-refractivity contribution in [2.75, 3.05) is 12.4 Å². The molecule has 0 radical (unpaired) electrons. The Morgan fingerprint density at radius 3 is 2.43 bits per heavy atom. The second-order valence-corrected chi connectivity index (χ2v) is 4.60. The molecule has 4 nitrogen and oxygen atoms in total. The molecule has 110 valence electrons. The molecule has 0 heterocycles. The lowest BCUT2D eigenvalue weighted by Gasteiger charge is -2.09. The van der Waals surface area contributed by atoms with Crippen molar-refractivity contribution in [3.05, 3.63) is 59.4 Å². The Balaban J connectivity index is 2.12. The van der Waals surface area contributed by atoms with E-state index in [-0.39, 0.29) is 11.3 Å². The van der Waals surface area contributed by atoms with Crippen LogP contribution in [-0.2, 0) is 0 Å². The summed E-state index contributed by atoms with van der Waals surface area (Å²) in [5, 5.41) is 12.1. The number of hydrogen-bond acceptors (Lipinski definition) is 3. The van der Waals surface area contributed by atoms with Gasteiger partial charge in [-0.25, -0.2) is 4.39 Å². The van der Waals surface area contributed by atoms with E-state index in [4.69, 9.17) is 4.74 Å². The molecule has 0 bridgehead atoms. The average Bonchev–Trinajstić information content (AvgIpc) is 2.47. The second kappa shape index (κ2) is 6.37. The summed E-state index contributed by atoms with van der Waals surface area (Å²) >= 11 is 0. The van der Waals surface area contributed by atoms with Crippen LogP contribution < -0.4 is 10.1 Å². The summed E-state index contributed by atoms with van der Waals surface area (Å²) in [5.41, 5.74) is 1.53. The van der Waals surface area contributed by atoms with E-state index >= 15 is 0 Å². The SMILES string of the molecule is COc1ccc(C(=O)Nc2ccc(C(C)O)cc2)cc1F. The summed E-state index contributed by atoms with van der Waals surface area (Å²) in [6.45, 7) is 1.66. The average molecular weight is 289 g/mol. The van der Waals surface area contributed by atoms with Gasteiger partial charge in [-0.15, -0.1) is 0 Å². The molecular weight excluding hydrogens is 273 g/mol. The third-order valence-corrected chi connectivity index (χ3v) is 3.06. The minimum atomic E-state index is -0.588. The monoisotopic (exact) mass is 289 g/mol. The van der Waals surface area contributed by atoms with Crippen molar-refractivity contribution in [3.63, 3.8) is 0 Å². The molecule has 0 aliphatic heterocycles. The van der Waals surface area contributed by atoms with Crippen LogP contribution >= 0.6 is 0 Å². The van der Waals surface area contributed by atoms with Crippen LogP contribution in [0.1, 0.15) is 28.9 Å². The molecule has 2 rings (SSSR count). The molecule has 1 amide bonds. The van der Waals surface area contributed by atoms with E-state index in [0.29, 0.717) is 5.69 Å². The van der Waals surface area contributed by atoms with Crippen molar-refractivity contribution in [2.45, 2.75) is 13.0 Å². The van der Waals surface area contributed by atoms with Crippen molar-refractivity contribution < 1.29 is 19.0 Å². The van der Waals surface area contributed by atoms with Crippen molar-refractivity contribution >= 4 is 11.6 Å². The zero-order chi connectivity index (χ0) is 15.4. The number of amides is 1. The largest absolute Gasteiger partial charge is 0.494 e. The first kappa shape index (κ1) is 15.0. The van der Waals surface area contributed by atoms with E-state index < -0.39 is 17.8 Å². The molecule has 1 unspecified atom stereocenters. The highest BCUT2D eigenvalue weighted by Gasteiger charge is 2.10. The molecule has 0 aromatic heterocycles. The third kappa shape index (κ3) is 3.58. The summed E-state index contributed by atoms with van der Waals surface area (Å²) in [6.07, 6.45) is -0.564. The first-order valence-electron chi connectivity index (χ1n) is 6.44. The Bertz CT molecular complexity index is 638. The predicted molar refractivity (Wildman–Crippen MR) is 78.0 cm³/mol. The minimum absolute atomic E-state index is 0.0906. The van der Waals surface area contributed by atoms with E-state index in [1.54, 1.807) is 31.2 Å². The lowest BCUT2D eigenvalue weighted by atomic mass is 10.1. The van der Waals surface area contributed by atoms with Gasteiger partial charge in [0.25, 0.3) is 5.91 Å². The molecule has 0 spiro atoms. The fourth-order valence-corrected chi connectivity index (χ4v) is 1.86. The van der Waals surface area contributed by atoms with Gasteiger partial charge in [0.15, 0.2) is 11.6 Å². The number of hydrogen-bond donors (Lipinski definition) is 2. The first-order valence-corrected chi connectivity index (χ1v) is 6.44. The number of ether oxygens (including phenoxy) is 1. The number of halogens is 1. The Morgan fingerprint density at radius 1 is 1.24 bits per heavy atom. The molecule has 2 aromatic rings. The van der Waals surface area contributed by atoms with Crippen molar-refractivity contribution in [2.24, 2.45) is 0 Å². The van der Waals surface area contributed by atoms with E-state index in [0.717, 1.165) is 11.6 Å². The van der Waals surface area contributed by atoms with Gasteiger partial charge in [0.2, 0.25) is 0 Å². The Hall–Kier alpha value is -2.40. The third-order valence-electron chi connectivity index (χ3n) is 3.06. The van der Waals surface area contributed by atoms with Gasteiger partial charge in [-0.1, -0.05) is 12.1 Å². The molecule has 0 saturated carbocycles. The molecule has 0 aliphatic carbocycles. The summed E-state index contributed by atoms with van der Waals surface area (Å²) in [5.74, 6) is -0.913. The maximum atomic E-state index is 13.6. The van der Waals surface area contributed by atoms with Crippen LogP contribution in [0.15, 0.2) is 42.5 Å². The molecule has 2 aromatic carbocycles. The van der Waals surface area contributed by atoms with Crippen molar-refractivity contribution in [3.8, 4) is 5.75 Å². The van der Waals surface area contributed by atoms with Crippen LogP contribution in [0.3, 0.4) is 0 Å². The van der Waals surface area contributed by atoms with Gasteiger partial charge in [0, 0.05) is 11.3 Å². The fraction of sp³-hybridized carbons (Fsp3) is 0.188. The number of carbonyl (C=O) groups excluding carboxylic acids is 1. The topological polar surface area (TPSA) is 58.6 Å². The van der Waals surface area contributed by atoms with Gasteiger partial charge in [-0.3, -0.25) is 4.79 Å². The molecular formula is C16H16FNO3. The molecule has 21 heavy (non-hydrogen) atoms. The molecule has 0 aliphatic rings. The molecule has 2 N–H and O–H groups in total. The zero-order valence-electron chi connectivity index (χ0n) is 11.8. The maximum Gasteiger partial charge on any atom is 0.255 e. The number of methoxy groups -OCH3 is 1. The molecule has 0 saturated heterocycles. The van der Waals surface area contributed by atoms with E-state index in [1.807, 2.05) is 0 Å². The van der Waals surface area contributed by atoms with Gasteiger partial charge in [0.1, 0.15) is 0 Å².